The van der Waals surface area contributed by atoms with Gasteiger partial charge in [0.1, 0.15) is 18.8 Å². The largest absolute Gasteiger partial charge is 0.485 e. The van der Waals surface area contributed by atoms with Crippen LogP contribution < -0.4 is 19.9 Å². The lowest BCUT2D eigenvalue weighted by molar-refractivity contribution is 0.290. The fourth-order valence-corrected chi connectivity index (χ4v) is 4.28. The van der Waals surface area contributed by atoms with Crippen LogP contribution in [0.5, 0.6) is 5.75 Å². The molecule has 2 aliphatic heterocycles. The molecule has 0 radical (unpaired) electrons. The molecule has 9 nitrogen and oxygen atoms in total. The van der Waals surface area contributed by atoms with Crippen molar-refractivity contribution in [1.29, 1.82) is 5.26 Å². The van der Waals surface area contributed by atoms with Crippen LogP contribution >= 0.6 is 0 Å². The molecular weight excluding hydrogens is 423 g/mol. The highest BCUT2D eigenvalue weighted by atomic mass is 19.1. The summed E-state index contributed by atoms with van der Waals surface area (Å²) in [7, 11) is 0. The summed E-state index contributed by atoms with van der Waals surface area (Å²) in [4.78, 5) is 22.2. The van der Waals surface area contributed by atoms with E-state index in [1.807, 2.05) is 19.1 Å². The second-order valence-corrected chi connectivity index (χ2v) is 8.06. The van der Waals surface area contributed by atoms with Gasteiger partial charge in [0.2, 0.25) is 11.7 Å². The number of aromatic nitrogens is 4. The molecule has 0 atom stereocenters. The number of nitriles is 1. The summed E-state index contributed by atoms with van der Waals surface area (Å²) in [5.74, 6) is 1.86. The van der Waals surface area contributed by atoms with E-state index < -0.39 is 5.82 Å². The molecule has 10 heteroatoms. The van der Waals surface area contributed by atoms with E-state index in [-0.39, 0.29) is 11.3 Å². The third-order valence-electron chi connectivity index (χ3n) is 5.96. The zero-order chi connectivity index (χ0) is 22.8. The molecule has 0 amide bonds. The van der Waals surface area contributed by atoms with Crippen molar-refractivity contribution >= 4 is 23.3 Å². The number of ether oxygens (including phenoxy) is 1. The summed E-state index contributed by atoms with van der Waals surface area (Å²) in [5, 5.41) is 12.0. The van der Waals surface area contributed by atoms with E-state index in [0.717, 1.165) is 44.1 Å². The van der Waals surface area contributed by atoms with Gasteiger partial charge in [-0.2, -0.15) is 5.26 Å². The predicted molar refractivity (Wildman–Crippen MR) is 121 cm³/mol. The van der Waals surface area contributed by atoms with Gasteiger partial charge in [0.25, 0.3) is 0 Å². The number of benzene rings is 1. The van der Waals surface area contributed by atoms with Gasteiger partial charge in [0.05, 0.1) is 23.9 Å². The van der Waals surface area contributed by atoms with Crippen LogP contribution in [0, 0.1) is 24.1 Å². The highest BCUT2D eigenvalue weighted by Crippen LogP contribution is 2.39. The Morgan fingerprint density at radius 2 is 2.00 bits per heavy atom. The molecule has 33 heavy (non-hydrogen) atoms. The maximum atomic E-state index is 14.4. The van der Waals surface area contributed by atoms with Crippen LogP contribution in [-0.4, -0.2) is 52.2 Å². The molecule has 1 N–H and O–H groups in total. The van der Waals surface area contributed by atoms with Crippen molar-refractivity contribution in [1.82, 2.24) is 19.9 Å². The molecule has 1 aromatic carbocycles. The number of hydrogen-bond donors (Lipinski definition) is 1. The lowest BCUT2D eigenvalue weighted by Gasteiger charge is -2.41. The van der Waals surface area contributed by atoms with Crippen LogP contribution in [0.2, 0.25) is 0 Å². The van der Waals surface area contributed by atoms with Crippen molar-refractivity contribution in [2.75, 3.05) is 41.4 Å². The van der Waals surface area contributed by atoms with Gasteiger partial charge in [-0.05, 0) is 44.0 Å². The number of halogens is 1. The average molecular weight is 446 g/mol. The number of anilines is 4. The molecular formula is C23H23FN8O. The summed E-state index contributed by atoms with van der Waals surface area (Å²) in [6.07, 6.45) is 5.13. The highest BCUT2D eigenvalue weighted by molar-refractivity contribution is 5.71. The third kappa shape index (κ3) is 4.22. The average Bonchev–Trinajstić information content (AvgIpc) is 2.85. The molecule has 5 rings (SSSR count). The summed E-state index contributed by atoms with van der Waals surface area (Å²) in [6.45, 7) is 4.89. The molecule has 0 spiro atoms. The van der Waals surface area contributed by atoms with Crippen molar-refractivity contribution in [3.05, 3.63) is 53.9 Å². The van der Waals surface area contributed by atoms with Crippen molar-refractivity contribution in [3.63, 3.8) is 0 Å². The number of aryl methyl sites for hydroxylation is 1. The first-order valence-corrected chi connectivity index (χ1v) is 10.9. The van der Waals surface area contributed by atoms with Crippen molar-refractivity contribution in [2.24, 2.45) is 0 Å². The zero-order valence-electron chi connectivity index (χ0n) is 18.2. The van der Waals surface area contributed by atoms with E-state index in [1.165, 1.54) is 18.5 Å². The highest BCUT2D eigenvalue weighted by Gasteiger charge is 2.32. The van der Waals surface area contributed by atoms with E-state index in [9.17, 15) is 4.39 Å². The summed E-state index contributed by atoms with van der Waals surface area (Å²) in [6, 6.07) is 8.39. The van der Waals surface area contributed by atoms with Gasteiger partial charge in [-0.3, -0.25) is 0 Å². The lowest BCUT2D eigenvalue weighted by Crippen LogP contribution is -2.48. The number of nitrogens with one attached hydrogen (secondary N) is 1. The summed E-state index contributed by atoms with van der Waals surface area (Å²) in [5.41, 5.74) is 1.44. The van der Waals surface area contributed by atoms with Gasteiger partial charge in [0, 0.05) is 31.0 Å². The van der Waals surface area contributed by atoms with Gasteiger partial charge in [-0.1, -0.05) is 0 Å². The standard InChI is InChI=1S/C23H23FN8O/c1-15-4-7-26-23(29-15)31-8-5-17(6-9-31)32-10-11-33-20-21(27-14-28-22(20)32)30-19-3-2-16(13-25)12-18(19)24/h2-4,7,12,14,17H,5-6,8-11H2,1H3,(H,27,28,30). The molecule has 4 heterocycles. The van der Waals surface area contributed by atoms with E-state index in [2.05, 4.69) is 35.1 Å². The SMILES string of the molecule is Cc1ccnc(N2CCC(N3CCOc4c(Nc5ccc(C#N)cc5F)ncnc43)CC2)n1. The van der Waals surface area contributed by atoms with E-state index in [0.29, 0.717) is 30.0 Å². The second-order valence-electron chi connectivity index (χ2n) is 8.06. The molecule has 1 fully saturated rings. The number of nitrogens with zero attached hydrogens (tertiary/aromatic N) is 7. The third-order valence-corrected chi connectivity index (χ3v) is 5.96. The molecule has 0 aliphatic carbocycles. The predicted octanol–water partition coefficient (Wildman–Crippen LogP) is 3.20. The Morgan fingerprint density at radius 1 is 1.15 bits per heavy atom. The van der Waals surface area contributed by atoms with Gasteiger partial charge >= 0.3 is 0 Å². The smallest absolute Gasteiger partial charge is 0.225 e. The minimum Gasteiger partial charge on any atom is -0.485 e. The first-order valence-electron chi connectivity index (χ1n) is 10.9. The normalized spacial score (nSPS) is 16.0. The van der Waals surface area contributed by atoms with Crippen LogP contribution in [0.25, 0.3) is 0 Å². The topological polar surface area (TPSA) is 103 Å². The maximum Gasteiger partial charge on any atom is 0.225 e. The number of hydrogen-bond acceptors (Lipinski definition) is 9. The molecule has 0 saturated carbocycles. The monoisotopic (exact) mass is 446 g/mol. The first-order chi connectivity index (χ1) is 16.1. The molecule has 2 aliphatic rings. The number of fused-ring (bicyclic) bond motifs is 1. The first kappa shape index (κ1) is 20.9. The Balaban J connectivity index is 1.33. The molecule has 2 aromatic heterocycles. The van der Waals surface area contributed by atoms with Crippen LogP contribution in [0.4, 0.5) is 27.7 Å². The maximum absolute atomic E-state index is 14.4. The van der Waals surface area contributed by atoms with Gasteiger partial charge in [-0.25, -0.2) is 24.3 Å². The lowest BCUT2D eigenvalue weighted by atomic mass is 10.0. The molecule has 3 aromatic rings. The number of rotatable bonds is 4. The van der Waals surface area contributed by atoms with Gasteiger partial charge < -0.3 is 19.9 Å². The fourth-order valence-electron chi connectivity index (χ4n) is 4.28. The quantitative estimate of drug-likeness (QED) is 0.647. The van der Waals surface area contributed by atoms with Crippen LogP contribution in [0.3, 0.4) is 0 Å². The van der Waals surface area contributed by atoms with Crippen molar-refractivity contribution in [2.45, 2.75) is 25.8 Å². The summed E-state index contributed by atoms with van der Waals surface area (Å²) >= 11 is 0. The Hall–Kier alpha value is -4.00. The van der Waals surface area contributed by atoms with Gasteiger partial charge in [-0.15, -0.1) is 0 Å². The Labute approximate surface area is 190 Å². The van der Waals surface area contributed by atoms with Crippen molar-refractivity contribution in [3.8, 4) is 11.8 Å². The molecule has 0 bridgehead atoms. The van der Waals surface area contributed by atoms with Crippen LogP contribution in [0.15, 0.2) is 36.8 Å². The molecule has 168 valence electrons. The summed E-state index contributed by atoms with van der Waals surface area (Å²) < 4.78 is 20.3. The van der Waals surface area contributed by atoms with Gasteiger partial charge in [0.15, 0.2) is 11.6 Å². The zero-order valence-corrected chi connectivity index (χ0v) is 18.2. The molecule has 0 unspecified atom stereocenters. The van der Waals surface area contributed by atoms with E-state index in [4.69, 9.17) is 10.00 Å². The van der Waals surface area contributed by atoms with E-state index >= 15 is 0 Å². The Kier molecular flexibility index (Phi) is 5.60. The Bertz CT molecular complexity index is 1210. The molecule has 1 saturated heterocycles. The minimum absolute atomic E-state index is 0.224. The Morgan fingerprint density at radius 3 is 2.76 bits per heavy atom. The minimum atomic E-state index is -0.528. The van der Waals surface area contributed by atoms with Crippen LogP contribution in [-0.2, 0) is 0 Å². The fraction of sp³-hybridized carbons (Fsp3) is 0.348. The second kappa shape index (κ2) is 8.86. The van der Waals surface area contributed by atoms with E-state index in [1.54, 1.807) is 12.3 Å². The van der Waals surface area contributed by atoms with Crippen molar-refractivity contribution < 1.29 is 9.13 Å². The van der Waals surface area contributed by atoms with Crippen LogP contribution in [0.1, 0.15) is 24.1 Å². The number of piperidine rings is 1.